The van der Waals surface area contributed by atoms with Crippen LogP contribution in [0, 0.1) is 18.8 Å². The number of benzene rings is 1. The fraction of sp³-hybridized carbons (Fsp3) is 0.571. The van der Waals surface area contributed by atoms with Crippen molar-refractivity contribution >= 4 is 23.5 Å². The lowest BCUT2D eigenvalue weighted by atomic mass is 10.0. The monoisotopic (exact) mass is 372 g/mol. The van der Waals surface area contributed by atoms with E-state index in [2.05, 4.69) is 12.2 Å². The zero-order valence-corrected chi connectivity index (χ0v) is 16.0. The third-order valence-electron chi connectivity index (χ3n) is 5.95. The van der Waals surface area contributed by atoms with Crippen molar-refractivity contribution in [3.05, 3.63) is 29.3 Å². The largest absolute Gasteiger partial charge is 0.481 e. The Morgan fingerprint density at radius 2 is 1.85 bits per heavy atom. The molecule has 2 amide bonds. The minimum atomic E-state index is -0.823. The van der Waals surface area contributed by atoms with Crippen molar-refractivity contribution in [2.24, 2.45) is 11.8 Å². The summed E-state index contributed by atoms with van der Waals surface area (Å²) in [5.74, 6) is -1.60. The van der Waals surface area contributed by atoms with E-state index in [-0.39, 0.29) is 23.8 Å². The van der Waals surface area contributed by atoms with E-state index < -0.39 is 11.9 Å². The number of nitrogens with one attached hydrogen (secondary N) is 1. The van der Waals surface area contributed by atoms with Gasteiger partial charge in [0.05, 0.1) is 5.92 Å². The SMILES string of the molecule is Cc1cc(C(=O)N2CCCCC2C)ccc1NC(=O)[C@@H]1CC[C@H](C(=O)O)C1. The number of hydrogen-bond acceptors (Lipinski definition) is 3. The van der Waals surface area contributed by atoms with Crippen molar-refractivity contribution in [2.75, 3.05) is 11.9 Å². The highest BCUT2D eigenvalue weighted by Crippen LogP contribution is 2.32. The second kappa shape index (κ2) is 8.11. The van der Waals surface area contributed by atoms with Crippen LogP contribution >= 0.6 is 0 Å². The van der Waals surface area contributed by atoms with Crippen LogP contribution in [0.4, 0.5) is 5.69 Å². The van der Waals surface area contributed by atoms with Gasteiger partial charge >= 0.3 is 5.97 Å². The average molecular weight is 372 g/mol. The number of carbonyl (C=O) groups is 3. The maximum atomic E-state index is 12.8. The van der Waals surface area contributed by atoms with E-state index in [0.29, 0.717) is 30.5 Å². The molecule has 0 radical (unpaired) electrons. The summed E-state index contributed by atoms with van der Waals surface area (Å²) < 4.78 is 0. The lowest BCUT2D eigenvalue weighted by Crippen LogP contribution is -2.42. The molecule has 1 aromatic rings. The molecule has 1 aromatic carbocycles. The van der Waals surface area contributed by atoms with E-state index >= 15 is 0 Å². The molecule has 2 N–H and O–H groups in total. The van der Waals surface area contributed by atoms with E-state index in [1.165, 1.54) is 6.42 Å². The molecule has 3 atom stereocenters. The summed E-state index contributed by atoms with van der Waals surface area (Å²) in [5.41, 5.74) is 2.17. The van der Waals surface area contributed by atoms with Gasteiger partial charge in [0.2, 0.25) is 5.91 Å². The van der Waals surface area contributed by atoms with Gasteiger partial charge in [-0.15, -0.1) is 0 Å². The molecule has 1 unspecified atom stereocenters. The normalized spacial score (nSPS) is 25.3. The number of piperidine rings is 1. The molecule has 0 bridgehead atoms. The Kier molecular flexibility index (Phi) is 5.82. The highest BCUT2D eigenvalue weighted by atomic mass is 16.4. The van der Waals surface area contributed by atoms with Crippen LogP contribution in [0.25, 0.3) is 0 Å². The van der Waals surface area contributed by atoms with Crippen molar-refractivity contribution in [1.82, 2.24) is 4.90 Å². The molecule has 0 spiro atoms. The van der Waals surface area contributed by atoms with Gasteiger partial charge in [0.1, 0.15) is 0 Å². The molecule has 6 heteroatoms. The Morgan fingerprint density at radius 1 is 1.11 bits per heavy atom. The van der Waals surface area contributed by atoms with E-state index in [1.54, 1.807) is 12.1 Å². The number of carbonyl (C=O) groups excluding carboxylic acids is 2. The van der Waals surface area contributed by atoms with Gasteiger partial charge in [-0.05, 0) is 76.1 Å². The van der Waals surface area contributed by atoms with Crippen LogP contribution in [-0.4, -0.2) is 40.4 Å². The number of rotatable bonds is 4. The molecule has 1 saturated heterocycles. The summed E-state index contributed by atoms with van der Waals surface area (Å²) >= 11 is 0. The first-order valence-electron chi connectivity index (χ1n) is 9.82. The molecule has 1 saturated carbocycles. The fourth-order valence-electron chi connectivity index (χ4n) is 4.18. The molecule has 1 aliphatic heterocycles. The van der Waals surface area contributed by atoms with Gasteiger partial charge in [-0.2, -0.15) is 0 Å². The topological polar surface area (TPSA) is 86.7 Å². The highest BCUT2D eigenvalue weighted by Gasteiger charge is 2.34. The maximum absolute atomic E-state index is 12.8. The standard InChI is InChI=1S/C21H28N2O4/c1-13-11-16(20(25)23-10-4-3-5-14(23)2)8-9-18(13)22-19(24)15-6-7-17(12-15)21(26)27/h8-9,11,14-15,17H,3-7,10,12H2,1-2H3,(H,22,24)(H,26,27)/t14?,15-,17+/m1/s1. The van der Waals surface area contributed by atoms with E-state index in [4.69, 9.17) is 5.11 Å². The Morgan fingerprint density at radius 3 is 2.48 bits per heavy atom. The summed E-state index contributed by atoms with van der Waals surface area (Å²) in [7, 11) is 0. The predicted molar refractivity (Wildman–Crippen MR) is 103 cm³/mol. The number of aliphatic carboxylic acids is 1. The Bertz CT molecular complexity index is 746. The minimum absolute atomic E-state index is 0.0447. The van der Waals surface area contributed by atoms with Crippen LogP contribution in [0.15, 0.2) is 18.2 Å². The lowest BCUT2D eigenvalue weighted by Gasteiger charge is -2.33. The Hall–Kier alpha value is -2.37. The van der Waals surface area contributed by atoms with Gasteiger partial charge in [0.25, 0.3) is 5.91 Å². The van der Waals surface area contributed by atoms with Crippen molar-refractivity contribution in [2.45, 2.75) is 58.4 Å². The van der Waals surface area contributed by atoms with Gasteiger partial charge in [0.15, 0.2) is 0 Å². The van der Waals surface area contributed by atoms with Crippen LogP contribution < -0.4 is 5.32 Å². The van der Waals surface area contributed by atoms with Gasteiger partial charge in [-0.25, -0.2) is 0 Å². The second-order valence-electron chi connectivity index (χ2n) is 7.91. The molecular weight excluding hydrogens is 344 g/mol. The Labute approximate surface area is 159 Å². The first-order valence-corrected chi connectivity index (χ1v) is 9.82. The third-order valence-corrected chi connectivity index (χ3v) is 5.95. The summed E-state index contributed by atoms with van der Waals surface area (Å²) in [6.07, 6.45) is 4.79. The molecule has 146 valence electrons. The number of aryl methyl sites for hydroxylation is 1. The van der Waals surface area contributed by atoms with Crippen molar-refractivity contribution in [1.29, 1.82) is 0 Å². The van der Waals surface area contributed by atoms with Crippen LogP contribution in [0.1, 0.15) is 61.4 Å². The lowest BCUT2D eigenvalue weighted by molar-refractivity contribution is -0.141. The third kappa shape index (κ3) is 4.31. The van der Waals surface area contributed by atoms with Crippen LogP contribution in [0.2, 0.25) is 0 Å². The maximum Gasteiger partial charge on any atom is 0.306 e. The number of nitrogens with zero attached hydrogens (tertiary/aromatic N) is 1. The Balaban J connectivity index is 1.65. The first-order chi connectivity index (χ1) is 12.9. The number of carboxylic acid groups (broad SMARTS) is 1. The van der Waals surface area contributed by atoms with E-state index in [0.717, 1.165) is 24.9 Å². The number of likely N-dealkylation sites (tertiary alicyclic amines) is 1. The quantitative estimate of drug-likeness (QED) is 0.847. The number of anilines is 1. The number of amides is 2. The van der Waals surface area contributed by atoms with Crippen LogP contribution in [0.3, 0.4) is 0 Å². The van der Waals surface area contributed by atoms with Crippen molar-refractivity contribution in [3.8, 4) is 0 Å². The smallest absolute Gasteiger partial charge is 0.306 e. The molecule has 27 heavy (non-hydrogen) atoms. The highest BCUT2D eigenvalue weighted by molar-refractivity contribution is 5.97. The van der Waals surface area contributed by atoms with E-state index in [9.17, 15) is 14.4 Å². The fourth-order valence-corrected chi connectivity index (χ4v) is 4.18. The van der Waals surface area contributed by atoms with Crippen LogP contribution in [-0.2, 0) is 9.59 Å². The molecule has 1 heterocycles. The number of hydrogen-bond donors (Lipinski definition) is 2. The second-order valence-corrected chi connectivity index (χ2v) is 7.91. The minimum Gasteiger partial charge on any atom is -0.481 e. The zero-order chi connectivity index (χ0) is 19.6. The van der Waals surface area contributed by atoms with Gasteiger partial charge < -0.3 is 15.3 Å². The molecule has 0 aromatic heterocycles. The summed E-state index contributed by atoms with van der Waals surface area (Å²) in [5, 5.41) is 12.0. The van der Waals surface area contributed by atoms with Crippen molar-refractivity contribution in [3.63, 3.8) is 0 Å². The molecule has 2 aliphatic rings. The molecule has 3 rings (SSSR count). The molecule has 6 nitrogen and oxygen atoms in total. The predicted octanol–water partition coefficient (Wildman–Crippen LogP) is 3.45. The molecule has 1 aliphatic carbocycles. The van der Waals surface area contributed by atoms with Gasteiger partial charge in [0, 0.05) is 29.8 Å². The van der Waals surface area contributed by atoms with Gasteiger partial charge in [-0.3, -0.25) is 14.4 Å². The first kappa shape index (κ1) is 19.4. The summed E-state index contributed by atoms with van der Waals surface area (Å²) in [6, 6.07) is 5.63. The van der Waals surface area contributed by atoms with E-state index in [1.807, 2.05) is 17.9 Å². The van der Waals surface area contributed by atoms with Crippen molar-refractivity contribution < 1.29 is 19.5 Å². The van der Waals surface area contributed by atoms with Crippen LogP contribution in [0.5, 0.6) is 0 Å². The average Bonchev–Trinajstić information content (AvgIpc) is 3.14. The summed E-state index contributed by atoms with van der Waals surface area (Å²) in [6.45, 7) is 4.76. The summed E-state index contributed by atoms with van der Waals surface area (Å²) in [4.78, 5) is 38.3. The molecule has 2 fully saturated rings. The number of carboxylic acids is 1. The molecular formula is C21H28N2O4. The zero-order valence-electron chi connectivity index (χ0n) is 16.0. The van der Waals surface area contributed by atoms with Gasteiger partial charge in [-0.1, -0.05) is 0 Å².